The van der Waals surface area contributed by atoms with Gasteiger partial charge in [-0.3, -0.25) is 0 Å². The van der Waals surface area contributed by atoms with Gasteiger partial charge in [0.25, 0.3) is 0 Å². The molecule has 0 aliphatic carbocycles. The van der Waals surface area contributed by atoms with E-state index in [0.29, 0.717) is 16.7 Å². The lowest BCUT2D eigenvalue weighted by atomic mass is 10.1. The second-order valence-corrected chi connectivity index (χ2v) is 7.03. The molecule has 3 aromatic rings. The maximum atomic E-state index is 6.27. The minimum absolute atomic E-state index is 0.133. The van der Waals surface area contributed by atoms with Gasteiger partial charge in [0, 0.05) is 22.6 Å². The van der Waals surface area contributed by atoms with Gasteiger partial charge in [-0.05, 0) is 47.9 Å². The van der Waals surface area contributed by atoms with Crippen LogP contribution in [0.1, 0.15) is 29.7 Å². The molecule has 0 saturated carbocycles. The molecule has 0 aliphatic heterocycles. The number of benzene rings is 3. The van der Waals surface area contributed by atoms with Gasteiger partial charge < -0.3 is 10.1 Å². The monoisotopic (exact) mass is 385 g/mol. The maximum Gasteiger partial charge on any atom is 0.119 e. The van der Waals surface area contributed by atoms with E-state index in [2.05, 4.69) is 36.5 Å². The molecule has 4 heteroatoms. The van der Waals surface area contributed by atoms with Gasteiger partial charge in [-0.25, -0.2) is 0 Å². The van der Waals surface area contributed by atoms with Crippen LogP contribution in [0.3, 0.4) is 0 Å². The van der Waals surface area contributed by atoms with E-state index >= 15 is 0 Å². The van der Waals surface area contributed by atoms with E-state index in [1.165, 1.54) is 5.56 Å². The summed E-state index contributed by atoms with van der Waals surface area (Å²) in [5, 5.41) is 4.82. The van der Waals surface area contributed by atoms with E-state index in [4.69, 9.17) is 27.9 Å². The normalized spacial score (nSPS) is 12.0. The van der Waals surface area contributed by atoms with Crippen molar-refractivity contribution in [2.45, 2.75) is 26.1 Å². The Labute approximate surface area is 164 Å². The summed E-state index contributed by atoms with van der Waals surface area (Å²) >= 11 is 12.2. The van der Waals surface area contributed by atoms with Crippen molar-refractivity contribution in [3.63, 3.8) is 0 Å². The van der Waals surface area contributed by atoms with Crippen LogP contribution in [0.5, 0.6) is 5.75 Å². The van der Waals surface area contributed by atoms with Crippen molar-refractivity contribution < 1.29 is 4.74 Å². The van der Waals surface area contributed by atoms with Crippen molar-refractivity contribution in [1.82, 2.24) is 5.32 Å². The number of ether oxygens (including phenoxy) is 1. The smallest absolute Gasteiger partial charge is 0.119 e. The van der Waals surface area contributed by atoms with E-state index in [1.54, 1.807) is 6.07 Å². The second kappa shape index (κ2) is 9.09. The number of hydrogen-bond acceptors (Lipinski definition) is 2. The molecule has 26 heavy (non-hydrogen) atoms. The molecular formula is C22H21Cl2NO. The highest BCUT2D eigenvalue weighted by atomic mass is 35.5. The zero-order chi connectivity index (χ0) is 18.4. The van der Waals surface area contributed by atoms with Crippen LogP contribution in [0, 0.1) is 0 Å². The lowest BCUT2D eigenvalue weighted by molar-refractivity contribution is 0.306. The van der Waals surface area contributed by atoms with Crippen molar-refractivity contribution in [3.8, 4) is 5.75 Å². The highest BCUT2D eigenvalue weighted by Crippen LogP contribution is 2.26. The molecule has 0 spiro atoms. The van der Waals surface area contributed by atoms with Crippen molar-refractivity contribution in [3.05, 3.63) is 99.5 Å². The zero-order valence-electron chi connectivity index (χ0n) is 14.6. The molecule has 0 aliphatic rings. The fourth-order valence-electron chi connectivity index (χ4n) is 2.68. The largest absolute Gasteiger partial charge is 0.489 e. The minimum Gasteiger partial charge on any atom is -0.489 e. The summed E-state index contributed by atoms with van der Waals surface area (Å²) in [5.74, 6) is 0.867. The van der Waals surface area contributed by atoms with Gasteiger partial charge in [0.15, 0.2) is 0 Å². The molecule has 0 aromatic heterocycles. The van der Waals surface area contributed by atoms with Gasteiger partial charge in [-0.1, -0.05) is 71.7 Å². The highest BCUT2D eigenvalue weighted by Gasteiger charge is 2.09. The first kappa shape index (κ1) is 18.8. The van der Waals surface area contributed by atoms with Crippen molar-refractivity contribution in [2.24, 2.45) is 0 Å². The van der Waals surface area contributed by atoms with Crippen LogP contribution < -0.4 is 10.1 Å². The molecule has 134 valence electrons. The molecule has 3 rings (SSSR count). The quantitative estimate of drug-likeness (QED) is 0.506. The zero-order valence-corrected chi connectivity index (χ0v) is 16.1. The molecule has 0 radical (unpaired) electrons. The van der Waals surface area contributed by atoms with Gasteiger partial charge in [-0.2, -0.15) is 0 Å². The molecule has 0 bridgehead atoms. The molecule has 3 aromatic carbocycles. The number of nitrogens with one attached hydrogen (secondary N) is 1. The Morgan fingerprint density at radius 2 is 1.62 bits per heavy atom. The standard InChI is InChI=1S/C22H21Cl2NO/c1-16(21-12-9-19(23)13-22(21)24)25-14-17-7-10-20(11-8-17)26-15-18-5-3-2-4-6-18/h2-13,16,25H,14-15H2,1H3/t16-/m1/s1. The minimum atomic E-state index is 0.133. The summed E-state index contributed by atoms with van der Waals surface area (Å²) < 4.78 is 5.82. The predicted molar refractivity (Wildman–Crippen MR) is 109 cm³/mol. The summed E-state index contributed by atoms with van der Waals surface area (Å²) in [6.45, 7) is 3.41. The Morgan fingerprint density at radius 3 is 2.31 bits per heavy atom. The molecule has 1 N–H and O–H groups in total. The first-order valence-electron chi connectivity index (χ1n) is 8.56. The third kappa shape index (κ3) is 5.25. The van der Waals surface area contributed by atoms with E-state index in [-0.39, 0.29) is 6.04 Å². The average Bonchev–Trinajstić information content (AvgIpc) is 2.66. The second-order valence-electron chi connectivity index (χ2n) is 6.19. The summed E-state index contributed by atoms with van der Waals surface area (Å²) in [7, 11) is 0. The Morgan fingerprint density at radius 1 is 0.885 bits per heavy atom. The van der Waals surface area contributed by atoms with Gasteiger partial charge >= 0.3 is 0 Å². The fraction of sp³-hybridized carbons (Fsp3) is 0.182. The van der Waals surface area contributed by atoms with Crippen LogP contribution in [0.2, 0.25) is 10.0 Å². The third-order valence-corrected chi connectivity index (χ3v) is 4.78. The lowest BCUT2D eigenvalue weighted by Crippen LogP contribution is -2.18. The molecule has 0 fully saturated rings. The van der Waals surface area contributed by atoms with Crippen molar-refractivity contribution in [2.75, 3.05) is 0 Å². The summed E-state index contributed by atoms with van der Waals surface area (Å²) in [6.07, 6.45) is 0. The van der Waals surface area contributed by atoms with Crippen LogP contribution in [0.4, 0.5) is 0 Å². The van der Waals surface area contributed by atoms with Crippen LogP contribution in [0.15, 0.2) is 72.8 Å². The maximum absolute atomic E-state index is 6.27. The van der Waals surface area contributed by atoms with Crippen molar-refractivity contribution in [1.29, 1.82) is 0 Å². The molecule has 0 amide bonds. The van der Waals surface area contributed by atoms with Crippen LogP contribution in [-0.4, -0.2) is 0 Å². The van der Waals surface area contributed by atoms with Gasteiger partial charge in [0.1, 0.15) is 12.4 Å². The molecular weight excluding hydrogens is 365 g/mol. The Kier molecular flexibility index (Phi) is 6.56. The van der Waals surface area contributed by atoms with Crippen LogP contribution in [0.25, 0.3) is 0 Å². The summed E-state index contributed by atoms with van der Waals surface area (Å²) in [5.41, 5.74) is 3.39. The Bertz CT molecular complexity index is 835. The highest BCUT2D eigenvalue weighted by molar-refractivity contribution is 6.35. The SMILES string of the molecule is C[C@@H](NCc1ccc(OCc2ccccc2)cc1)c1ccc(Cl)cc1Cl. The van der Waals surface area contributed by atoms with E-state index in [0.717, 1.165) is 23.4 Å². The number of halogens is 2. The fourth-order valence-corrected chi connectivity index (χ4v) is 3.25. The van der Waals surface area contributed by atoms with Gasteiger partial charge in [-0.15, -0.1) is 0 Å². The molecule has 0 saturated heterocycles. The number of hydrogen-bond donors (Lipinski definition) is 1. The van der Waals surface area contributed by atoms with Gasteiger partial charge in [0.05, 0.1) is 0 Å². The molecule has 2 nitrogen and oxygen atoms in total. The first-order chi connectivity index (χ1) is 12.6. The molecule has 1 atom stereocenters. The predicted octanol–water partition coefficient (Wildman–Crippen LogP) is 6.42. The summed E-state index contributed by atoms with van der Waals surface area (Å²) in [4.78, 5) is 0. The first-order valence-corrected chi connectivity index (χ1v) is 9.31. The molecule has 0 unspecified atom stereocenters. The lowest BCUT2D eigenvalue weighted by Gasteiger charge is -2.16. The van der Waals surface area contributed by atoms with Gasteiger partial charge in [0.2, 0.25) is 0 Å². The number of rotatable bonds is 7. The van der Waals surface area contributed by atoms with Crippen LogP contribution in [-0.2, 0) is 13.2 Å². The van der Waals surface area contributed by atoms with E-state index in [9.17, 15) is 0 Å². The molecule has 0 heterocycles. The van der Waals surface area contributed by atoms with E-state index < -0.39 is 0 Å². The van der Waals surface area contributed by atoms with Crippen LogP contribution >= 0.6 is 23.2 Å². The van der Waals surface area contributed by atoms with Crippen molar-refractivity contribution >= 4 is 23.2 Å². The third-order valence-electron chi connectivity index (χ3n) is 4.21. The van der Waals surface area contributed by atoms with E-state index in [1.807, 2.05) is 42.5 Å². The average molecular weight is 386 g/mol. The summed E-state index contributed by atoms with van der Waals surface area (Å²) in [6, 6.07) is 24.0. The topological polar surface area (TPSA) is 21.3 Å². The Hall–Kier alpha value is -2.00. The Balaban J connectivity index is 1.52.